The van der Waals surface area contributed by atoms with Gasteiger partial charge in [0.05, 0.1) is 4.92 Å². The van der Waals surface area contributed by atoms with E-state index in [1.165, 1.54) is 6.42 Å². The predicted octanol–water partition coefficient (Wildman–Crippen LogP) is 2.46. The summed E-state index contributed by atoms with van der Waals surface area (Å²) in [6.07, 6.45) is 2.34. The van der Waals surface area contributed by atoms with Gasteiger partial charge in [-0.25, -0.2) is 0 Å². The van der Waals surface area contributed by atoms with E-state index in [2.05, 4.69) is 11.8 Å². The maximum atomic E-state index is 11.0. The van der Waals surface area contributed by atoms with Crippen LogP contribution in [0, 0.1) is 23.0 Å². The Bertz CT molecular complexity index is 488. The summed E-state index contributed by atoms with van der Waals surface area (Å²) in [5.41, 5.74) is 8.04. The SMILES string of the molecule is Cc1c(CN2CCCC(C(C)N)C2)cccc1[N+](=O)[O-]. The summed E-state index contributed by atoms with van der Waals surface area (Å²) in [6, 6.07) is 5.54. The number of nitrogens with zero attached hydrogens (tertiary/aromatic N) is 2. The fourth-order valence-corrected chi connectivity index (χ4v) is 2.94. The van der Waals surface area contributed by atoms with Gasteiger partial charge in [0.1, 0.15) is 0 Å². The molecule has 2 rings (SSSR count). The monoisotopic (exact) mass is 277 g/mol. The highest BCUT2D eigenvalue weighted by Crippen LogP contribution is 2.25. The van der Waals surface area contributed by atoms with Crippen molar-refractivity contribution >= 4 is 5.69 Å². The molecule has 0 saturated carbocycles. The molecule has 0 spiro atoms. The molecule has 1 heterocycles. The molecule has 1 saturated heterocycles. The van der Waals surface area contributed by atoms with Gasteiger partial charge >= 0.3 is 0 Å². The molecule has 0 amide bonds. The third-order valence-electron chi connectivity index (χ3n) is 4.29. The van der Waals surface area contributed by atoms with E-state index in [9.17, 15) is 10.1 Å². The van der Waals surface area contributed by atoms with Crippen LogP contribution >= 0.6 is 0 Å². The normalized spacial score (nSPS) is 21.6. The molecule has 0 radical (unpaired) electrons. The fourth-order valence-electron chi connectivity index (χ4n) is 2.94. The first-order chi connectivity index (χ1) is 9.49. The molecule has 5 heteroatoms. The van der Waals surface area contributed by atoms with Crippen molar-refractivity contribution in [2.75, 3.05) is 13.1 Å². The van der Waals surface area contributed by atoms with Crippen LogP contribution in [0.2, 0.25) is 0 Å². The Kier molecular flexibility index (Phi) is 4.73. The van der Waals surface area contributed by atoms with Crippen molar-refractivity contribution < 1.29 is 4.92 Å². The molecule has 20 heavy (non-hydrogen) atoms. The van der Waals surface area contributed by atoms with E-state index in [0.29, 0.717) is 5.92 Å². The second kappa shape index (κ2) is 6.33. The summed E-state index contributed by atoms with van der Waals surface area (Å²) in [6.45, 7) is 6.70. The number of hydrogen-bond donors (Lipinski definition) is 1. The average Bonchev–Trinajstić information content (AvgIpc) is 2.41. The Morgan fingerprint density at radius 2 is 2.30 bits per heavy atom. The molecule has 2 atom stereocenters. The first-order valence-corrected chi connectivity index (χ1v) is 7.20. The number of rotatable bonds is 4. The molecule has 1 fully saturated rings. The standard InChI is InChI=1S/C15H23N3O2/c1-11-13(5-3-7-15(11)18(19)20)9-17-8-4-6-14(10-17)12(2)16/h3,5,7,12,14H,4,6,8-10,16H2,1-2H3. The summed E-state index contributed by atoms with van der Waals surface area (Å²) >= 11 is 0. The highest BCUT2D eigenvalue weighted by Gasteiger charge is 2.23. The van der Waals surface area contributed by atoms with Crippen molar-refractivity contribution in [3.63, 3.8) is 0 Å². The van der Waals surface area contributed by atoms with Gasteiger partial charge in [-0.2, -0.15) is 0 Å². The number of hydrogen-bond acceptors (Lipinski definition) is 4. The lowest BCUT2D eigenvalue weighted by Gasteiger charge is -2.34. The molecule has 1 aromatic carbocycles. The number of nitrogens with two attached hydrogens (primary N) is 1. The molecular weight excluding hydrogens is 254 g/mol. The molecule has 1 aromatic rings. The topological polar surface area (TPSA) is 72.4 Å². The Morgan fingerprint density at radius 3 is 2.95 bits per heavy atom. The van der Waals surface area contributed by atoms with Crippen molar-refractivity contribution in [3.05, 3.63) is 39.4 Å². The molecule has 110 valence electrons. The van der Waals surface area contributed by atoms with Crippen LogP contribution in [0.3, 0.4) is 0 Å². The number of nitro benzene ring substituents is 1. The minimum absolute atomic E-state index is 0.211. The molecule has 2 unspecified atom stereocenters. The zero-order chi connectivity index (χ0) is 14.7. The molecular formula is C15H23N3O2. The van der Waals surface area contributed by atoms with Gasteiger partial charge < -0.3 is 5.73 Å². The molecule has 1 aliphatic heterocycles. The lowest BCUT2D eigenvalue weighted by Crippen LogP contribution is -2.42. The van der Waals surface area contributed by atoms with Crippen LogP contribution in [0.25, 0.3) is 0 Å². The Hall–Kier alpha value is -1.46. The smallest absolute Gasteiger partial charge is 0.272 e. The maximum Gasteiger partial charge on any atom is 0.272 e. The van der Waals surface area contributed by atoms with Crippen LogP contribution in [0.4, 0.5) is 5.69 Å². The van der Waals surface area contributed by atoms with E-state index < -0.39 is 0 Å². The molecule has 2 N–H and O–H groups in total. The van der Waals surface area contributed by atoms with E-state index in [0.717, 1.165) is 37.2 Å². The minimum Gasteiger partial charge on any atom is -0.328 e. The van der Waals surface area contributed by atoms with Crippen molar-refractivity contribution in [2.45, 2.75) is 39.3 Å². The molecule has 1 aliphatic rings. The number of likely N-dealkylation sites (tertiary alicyclic amines) is 1. The predicted molar refractivity (Wildman–Crippen MR) is 79.5 cm³/mol. The van der Waals surface area contributed by atoms with Crippen molar-refractivity contribution in [2.24, 2.45) is 11.7 Å². The van der Waals surface area contributed by atoms with Gasteiger partial charge in [0.2, 0.25) is 0 Å². The largest absolute Gasteiger partial charge is 0.328 e. The first kappa shape index (κ1) is 14.9. The number of benzene rings is 1. The molecule has 0 aliphatic carbocycles. The van der Waals surface area contributed by atoms with Gasteiger partial charge in [0, 0.05) is 30.8 Å². The van der Waals surface area contributed by atoms with Crippen LogP contribution < -0.4 is 5.73 Å². The number of piperidine rings is 1. The van der Waals surface area contributed by atoms with Gasteiger partial charge in [-0.3, -0.25) is 15.0 Å². The summed E-state index contributed by atoms with van der Waals surface area (Å²) in [7, 11) is 0. The molecule has 5 nitrogen and oxygen atoms in total. The van der Waals surface area contributed by atoms with E-state index >= 15 is 0 Å². The van der Waals surface area contributed by atoms with Crippen LogP contribution in [0.15, 0.2) is 18.2 Å². The van der Waals surface area contributed by atoms with Crippen molar-refractivity contribution in [3.8, 4) is 0 Å². The lowest BCUT2D eigenvalue weighted by atomic mass is 9.91. The van der Waals surface area contributed by atoms with Crippen LogP contribution in [-0.4, -0.2) is 29.0 Å². The summed E-state index contributed by atoms with van der Waals surface area (Å²) in [4.78, 5) is 13.0. The second-order valence-corrected chi connectivity index (χ2v) is 5.81. The zero-order valence-electron chi connectivity index (χ0n) is 12.2. The van der Waals surface area contributed by atoms with Gasteiger partial charge in [0.25, 0.3) is 5.69 Å². The van der Waals surface area contributed by atoms with Gasteiger partial charge in [-0.15, -0.1) is 0 Å². The Morgan fingerprint density at radius 1 is 1.55 bits per heavy atom. The summed E-state index contributed by atoms with van der Waals surface area (Å²) < 4.78 is 0. The average molecular weight is 277 g/mol. The van der Waals surface area contributed by atoms with E-state index in [-0.39, 0.29) is 16.7 Å². The van der Waals surface area contributed by atoms with Crippen molar-refractivity contribution in [1.82, 2.24) is 4.90 Å². The van der Waals surface area contributed by atoms with E-state index in [1.807, 2.05) is 13.0 Å². The van der Waals surface area contributed by atoms with Crippen LogP contribution in [0.1, 0.15) is 30.9 Å². The van der Waals surface area contributed by atoms with Gasteiger partial charge in [-0.05, 0) is 44.7 Å². The van der Waals surface area contributed by atoms with Crippen LogP contribution in [0.5, 0.6) is 0 Å². The summed E-state index contributed by atoms with van der Waals surface area (Å²) in [5, 5.41) is 11.0. The maximum absolute atomic E-state index is 11.0. The second-order valence-electron chi connectivity index (χ2n) is 5.81. The van der Waals surface area contributed by atoms with Crippen LogP contribution in [-0.2, 0) is 6.54 Å². The highest BCUT2D eigenvalue weighted by molar-refractivity contribution is 5.44. The fraction of sp³-hybridized carbons (Fsp3) is 0.600. The highest BCUT2D eigenvalue weighted by atomic mass is 16.6. The Labute approximate surface area is 119 Å². The lowest BCUT2D eigenvalue weighted by molar-refractivity contribution is -0.385. The minimum atomic E-state index is -0.306. The third kappa shape index (κ3) is 3.35. The van der Waals surface area contributed by atoms with Gasteiger partial charge in [0.15, 0.2) is 0 Å². The molecule has 0 aromatic heterocycles. The number of nitro groups is 1. The van der Waals surface area contributed by atoms with Crippen molar-refractivity contribution in [1.29, 1.82) is 0 Å². The zero-order valence-corrected chi connectivity index (χ0v) is 12.2. The van der Waals surface area contributed by atoms with Gasteiger partial charge in [-0.1, -0.05) is 12.1 Å². The van der Waals surface area contributed by atoms with E-state index in [4.69, 9.17) is 5.73 Å². The third-order valence-corrected chi connectivity index (χ3v) is 4.29. The Balaban J connectivity index is 2.10. The molecule has 0 bridgehead atoms. The first-order valence-electron chi connectivity index (χ1n) is 7.20. The quantitative estimate of drug-likeness (QED) is 0.678. The summed E-state index contributed by atoms with van der Waals surface area (Å²) in [5.74, 6) is 0.530. The van der Waals surface area contributed by atoms with E-state index in [1.54, 1.807) is 12.1 Å².